The van der Waals surface area contributed by atoms with Crippen LogP contribution in [0, 0.1) is 0 Å². The first-order valence-corrected chi connectivity index (χ1v) is 8.31. The van der Waals surface area contributed by atoms with Crippen LogP contribution in [-0.2, 0) is 9.84 Å². The van der Waals surface area contributed by atoms with Gasteiger partial charge in [0.2, 0.25) is 0 Å². The molecule has 1 aromatic carbocycles. The van der Waals surface area contributed by atoms with Crippen LogP contribution in [0.5, 0.6) is 0 Å². The average Bonchev–Trinajstić information content (AvgIpc) is 2.42. The largest absolute Gasteiger partial charge is 0.394 e. The predicted molar refractivity (Wildman–Crippen MR) is 78.8 cm³/mol. The fourth-order valence-electron chi connectivity index (χ4n) is 1.72. The summed E-state index contributed by atoms with van der Waals surface area (Å²) in [4.78, 5) is 4.46. The van der Waals surface area contributed by atoms with Gasteiger partial charge in [-0.25, -0.2) is 8.42 Å². The van der Waals surface area contributed by atoms with E-state index in [1.807, 2.05) is 13.8 Å². The van der Waals surface area contributed by atoms with Gasteiger partial charge in [0.1, 0.15) is 12.1 Å². The summed E-state index contributed by atoms with van der Waals surface area (Å²) < 4.78 is 22.7. The topological polar surface area (TPSA) is 87.0 Å². The Bertz CT molecular complexity index is 563. The van der Waals surface area contributed by atoms with Crippen molar-refractivity contribution in [1.29, 1.82) is 0 Å². The molecule has 0 aliphatic rings. The highest BCUT2D eigenvalue weighted by atomic mass is 32.2. The number of hydrogen-bond acceptors (Lipinski definition) is 5. The molecule has 0 aliphatic heterocycles. The van der Waals surface area contributed by atoms with E-state index >= 15 is 0 Å². The summed E-state index contributed by atoms with van der Waals surface area (Å²) in [5, 5.41) is 19.5. The first-order chi connectivity index (χ1) is 9.29. The van der Waals surface area contributed by atoms with Crippen LogP contribution in [0.4, 0.5) is 0 Å². The Morgan fingerprint density at radius 1 is 1.30 bits per heavy atom. The van der Waals surface area contributed by atoms with E-state index in [2.05, 4.69) is 4.99 Å². The number of aliphatic hydroxyl groups is 2. The monoisotopic (exact) mass is 299 g/mol. The van der Waals surface area contributed by atoms with E-state index in [4.69, 9.17) is 0 Å². The predicted octanol–water partition coefficient (Wildman–Crippen LogP) is 1.36. The first-order valence-electron chi connectivity index (χ1n) is 6.41. The summed E-state index contributed by atoms with van der Waals surface area (Å²) >= 11 is 0. The van der Waals surface area contributed by atoms with Crippen LogP contribution in [0.15, 0.2) is 34.2 Å². The molecule has 0 aromatic heterocycles. The lowest BCUT2D eigenvalue weighted by atomic mass is 10.0. The highest BCUT2D eigenvalue weighted by Crippen LogP contribution is 2.21. The van der Waals surface area contributed by atoms with Gasteiger partial charge in [0.25, 0.3) is 0 Å². The molecular formula is C14H21NO4S. The zero-order valence-electron chi connectivity index (χ0n) is 11.9. The first kappa shape index (κ1) is 16.8. The van der Waals surface area contributed by atoms with Gasteiger partial charge in [0.15, 0.2) is 9.84 Å². The van der Waals surface area contributed by atoms with Crippen LogP contribution in [0.3, 0.4) is 0 Å². The molecule has 112 valence electrons. The van der Waals surface area contributed by atoms with Crippen molar-refractivity contribution >= 4 is 15.5 Å². The molecule has 0 saturated carbocycles. The molecular weight excluding hydrogens is 278 g/mol. The molecule has 20 heavy (non-hydrogen) atoms. The molecule has 0 fully saturated rings. The van der Waals surface area contributed by atoms with Gasteiger partial charge >= 0.3 is 0 Å². The van der Waals surface area contributed by atoms with Gasteiger partial charge in [-0.3, -0.25) is 4.99 Å². The fourth-order valence-corrected chi connectivity index (χ4v) is 2.35. The minimum Gasteiger partial charge on any atom is -0.394 e. The van der Waals surface area contributed by atoms with Gasteiger partial charge < -0.3 is 10.2 Å². The molecule has 1 aromatic rings. The lowest BCUT2D eigenvalue weighted by Gasteiger charge is -2.18. The average molecular weight is 299 g/mol. The molecule has 0 unspecified atom stereocenters. The normalized spacial score (nSPS) is 15.9. The molecule has 0 amide bonds. The number of nitrogens with zero attached hydrogens (tertiary/aromatic N) is 1. The molecule has 0 heterocycles. The minimum absolute atomic E-state index is 0.197. The van der Waals surface area contributed by atoms with Gasteiger partial charge in [0.05, 0.1) is 11.5 Å². The van der Waals surface area contributed by atoms with Crippen molar-refractivity contribution in [2.75, 3.05) is 12.9 Å². The highest BCUT2D eigenvalue weighted by Gasteiger charge is 2.20. The molecule has 2 N–H and O–H groups in total. The van der Waals surface area contributed by atoms with Crippen molar-refractivity contribution in [2.24, 2.45) is 4.99 Å². The third-order valence-corrected chi connectivity index (χ3v) is 4.23. The minimum atomic E-state index is -3.25. The summed E-state index contributed by atoms with van der Waals surface area (Å²) in [5.41, 5.74) is 1.37. The van der Waals surface area contributed by atoms with E-state index < -0.39 is 22.0 Å². The summed E-state index contributed by atoms with van der Waals surface area (Å²) in [6.45, 7) is 3.51. The second kappa shape index (κ2) is 6.97. The van der Waals surface area contributed by atoms with E-state index in [-0.39, 0.29) is 11.5 Å². The third-order valence-electron chi connectivity index (χ3n) is 3.10. The number of sulfone groups is 1. The summed E-state index contributed by atoms with van der Waals surface area (Å²) in [6.07, 6.45) is 0.912. The maximum absolute atomic E-state index is 11.4. The Morgan fingerprint density at radius 3 is 2.25 bits per heavy atom. The number of rotatable bonds is 6. The molecule has 1 rings (SSSR count). The van der Waals surface area contributed by atoms with E-state index in [9.17, 15) is 18.6 Å². The molecule has 2 atom stereocenters. The van der Waals surface area contributed by atoms with Gasteiger partial charge in [-0.15, -0.1) is 0 Å². The Balaban J connectivity index is 2.99. The molecule has 0 spiro atoms. The van der Waals surface area contributed by atoms with Gasteiger partial charge in [-0.05, 0) is 31.0 Å². The van der Waals surface area contributed by atoms with Crippen molar-refractivity contribution < 1.29 is 18.6 Å². The van der Waals surface area contributed by atoms with Crippen molar-refractivity contribution in [3.8, 4) is 0 Å². The van der Waals surface area contributed by atoms with Crippen molar-refractivity contribution in [1.82, 2.24) is 0 Å². The molecule has 6 heteroatoms. The van der Waals surface area contributed by atoms with Crippen LogP contribution >= 0.6 is 0 Å². The molecule has 0 bridgehead atoms. The molecule has 5 nitrogen and oxygen atoms in total. The summed E-state index contributed by atoms with van der Waals surface area (Å²) in [6, 6.07) is 5.33. The number of hydrogen-bond donors (Lipinski definition) is 2. The zero-order valence-corrected chi connectivity index (χ0v) is 12.8. The molecule has 0 aliphatic carbocycles. The smallest absolute Gasteiger partial charge is 0.175 e. The highest BCUT2D eigenvalue weighted by molar-refractivity contribution is 7.90. The second-order valence-corrected chi connectivity index (χ2v) is 6.77. The number of aliphatic imine (C=N–C) groups is 1. The van der Waals surface area contributed by atoms with Crippen molar-refractivity contribution in [3.05, 3.63) is 29.8 Å². The van der Waals surface area contributed by atoms with Crippen LogP contribution in [0.25, 0.3) is 0 Å². The van der Waals surface area contributed by atoms with E-state index in [0.717, 1.165) is 18.4 Å². The Labute approximate surface area is 119 Å². The molecule has 0 saturated heterocycles. The quantitative estimate of drug-likeness (QED) is 0.776. The van der Waals surface area contributed by atoms with Crippen LogP contribution in [0.2, 0.25) is 0 Å². The van der Waals surface area contributed by atoms with E-state index in [1.165, 1.54) is 12.1 Å². The Morgan fingerprint density at radius 2 is 1.85 bits per heavy atom. The lowest BCUT2D eigenvalue weighted by molar-refractivity contribution is 0.110. The maximum Gasteiger partial charge on any atom is 0.175 e. The summed E-state index contributed by atoms with van der Waals surface area (Å²) in [5.74, 6) is 0. The number of aliphatic hydroxyl groups excluding tert-OH is 2. The standard InChI is InChI=1S/C14H21NO4S/c1-4-10(2)15-13(9-16)14(17)11-5-7-12(8-6-11)20(3,18)19/h5-8,13-14,16-17H,4,9H2,1-3H3/t13-,14-/m1/s1. The second-order valence-electron chi connectivity index (χ2n) is 4.75. The maximum atomic E-state index is 11.4. The lowest BCUT2D eigenvalue weighted by Crippen LogP contribution is -2.22. The SMILES string of the molecule is CCC(C)=N[C@H](CO)[C@H](O)c1ccc(S(C)(=O)=O)cc1. The number of benzene rings is 1. The Kier molecular flexibility index (Phi) is 5.86. The summed E-state index contributed by atoms with van der Waals surface area (Å²) in [7, 11) is -3.25. The molecule has 0 radical (unpaired) electrons. The van der Waals surface area contributed by atoms with Crippen LogP contribution in [-0.4, -0.2) is 43.2 Å². The van der Waals surface area contributed by atoms with Crippen molar-refractivity contribution in [3.63, 3.8) is 0 Å². The Hall–Kier alpha value is -1.24. The van der Waals surface area contributed by atoms with E-state index in [1.54, 1.807) is 12.1 Å². The third kappa shape index (κ3) is 4.40. The van der Waals surface area contributed by atoms with E-state index in [0.29, 0.717) is 5.56 Å². The zero-order chi connectivity index (χ0) is 15.3. The van der Waals surface area contributed by atoms with Crippen LogP contribution < -0.4 is 0 Å². The van der Waals surface area contributed by atoms with Gasteiger partial charge in [-0.1, -0.05) is 19.1 Å². The van der Waals surface area contributed by atoms with Gasteiger partial charge in [-0.2, -0.15) is 0 Å². The van der Waals surface area contributed by atoms with Crippen molar-refractivity contribution in [2.45, 2.75) is 37.3 Å². The fraction of sp³-hybridized carbons (Fsp3) is 0.500. The van der Waals surface area contributed by atoms with Gasteiger partial charge in [0, 0.05) is 12.0 Å². The van der Waals surface area contributed by atoms with Crippen LogP contribution in [0.1, 0.15) is 31.9 Å².